The number of nitrogens with zero attached hydrogens (tertiary/aromatic N) is 2. The summed E-state index contributed by atoms with van der Waals surface area (Å²) in [5.41, 5.74) is 0.346. The first kappa shape index (κ1) is 19.3. The molecular formula is C16H22N2O6S2. The molecule has 0 spiro atoms. The fraction of sp³-hybridized carbons (Fsp3) is 0.562. The SMILES string of the molecule is CCS(=O)(=O)C1CN(C(=O)c2ccc(S(=O)(=O)N3CCOCC3)cc2)C1. The number of rotatable bonds is 5. The number of morpholine rings is 1. The zero-order chi connectivity index (χ0) is 18.9. The van der Waals surface area contributed by atoms with Gasteiger partial charge in [-0.05, 0) is 24.3 Å². The number of hydrogen-bond donors (Lipinski definition) is 0. The molecular weight excluding hydrogens is 380 g/mol. The first-order valence-corrected chi connectivity index (χ1v) is 11.6. The van der Waals surface area contributed by atoms with Crippen molar-refractivity contribution in [3.8, 4) is 0 Å². The molecule has 0 unspecified atom stereocenters. The van der Waals surface area contributed by atoms with Crippen LogP contribution >= 0.6 is 0 Å². The summed E-state index contributed by atoms with van der Waals surface area (Å²) in [6, 6.07) is 5.77. The molecule has 0 radical (unpaired) electrons. The van der Waals surface area contributed by atoms with Crippen molar-refractivity contribution in [2.75, 3.05) is 45.1 Å². The molecule has 2 fully saturated rings. The van der Waals surface area contributed by atoms with Crippen LogP contribution in [0, 0.1) is 0 Å². The molecule has 3 rings (SSSR count). The lowest BCUT2D eigenvalue weighted by atomic mass is 10.1. The van der Waals surface area contributed by atoms with Crippen LogP contribution in [0.5, 0.6) is 0 Å². The Morgan fingerprint density at radius 1 is 1.08 bits per heavy atom. The quantitative estimate of drug-likeness (QED) is 0.685. The third-order valence-electron chi connectivity index (χ3n) is 4.75. The Balaban J connectivity index is 1.67. The normalized spacial score (nSPS) is 20.0. The first-order chi connectivity index (χ1) is 12.3. The van der Waals surface area contributed by atoms with Gasteiger partial charge in [0, 0.05) is 37.5 Å². The molecule has 0 N–H and O–H groups in total. The lowest BCUT2D eigenvalue weighted by molar-refractivity contribution is 0.0659. The molecule has 0 aliphatic carbocycles. The van der Waals surface area contributed by atoms with E-state index in [4.69, 9.17) is 4.74 Å². The summed E-state index contributed by atoms with van der Waals surface area (Å²) in [4.78, 5) is 14.0. The van der Waals surface area contributed by atoms with Gasteiger partial charge in [-0.2, -0.15) is 4.31 Å². The zero-order valence-corrected chi connectivity index (χ0v) is 16.1. The summed E-state index contributed by atoms with van der Waals surface area (Å²) in [6.45, 7) is 3.31. The maximum absolute atomic E-state index is 12.6. The van der Waals surface area contributed by atoms with Gasteiger partial charge in [0.1, 0.15) is 0 Å². The van der Waals surface area contributed by atoms with E-state index >= 15 is 0 Å². The maximum Gasteiger partial charge on any atom is 0.253 e. The predicted octanol–water partition coefficient (Wildman–Crippen LogP) is -0.0334. The third-order valence-corrected chi connectivity index (χ3v) is 8.79. The molecule has 2 heterocycles. The average Bonchev–Trinajstić information content (AvgIpc) is 2.61. The second-order valence-electron chi connectivity index (χ2n) is 6.32. The fourth-order valence-electron chi connectivity index (χ4n) is 2.95. The van der Waals surface area contributed by atoms with Crippen LogP contribution in [0.3, 0.4) is 0 Å². The van der Waals surface area contributed by atoms with E-state index in [1.165, 1.54) is 33.5 Å². The number of ether oxygens (including phenoxy) is 1. The van der Waals surface area contributed by atoms with Crippen molar-refractivity contribution in [2.24, 2.45) is 0 Å². The number of hydrogen-bond acceptors (Lipinski definition) is 6. The Hall–Kier alpha value is -1.49. The molecule has 1 amide bonds. The molecule has 0 saturated carbocycles. The van der Waals surface area contributed by atoms with Crippen molar-refractivity contribution >= 4 is 25.8 Å². The van der Waals surface area contributed by atoms with E-state index in [1.54, 1.807) is 6.92 Å². The van der Waals surface area contributed by atoms with E-state index in [-0.39, 0.29) is 29.6 Å². The highest BCUT2D eigenvalue weighted by atomic mass is 32.2. The highest BCUT2D eigenvalue weighted by molar-refractivity contribution is 7.92. The van der Waals surface area contributed by atoms with Gasteiger partial charge in [-0.25, -0.2) is 16.8 Å². The highest BCUT2D eigenvalue weighted by Crippen LogP contribution is 2.22. The number of sulfone groups is 1. The van der Waals surface area contributed by atoms with Gasteiger partial charge < -0.3 is 9.64 Å². The largest absolute Gasteiger partial charge is 0.379 e. The molecule has 8 nitrogen and oxygen atoms in total. The summed E-state index contributed by atoms with van der Waals surface area (Å²) in [6.07, 6.45) is 0. The van der Waals surface area contributed by atoms with Crippen LogP contribution in [0.2, 0.25) is 0 Å². The van der Waals surface area contributed by atoms with Crippen LogP contribution in [-0.2, 0) is 24.6 Å². The highest BCUT2D eigenvalue weighted by Gasteiger charge is 2.39. The average molecular weight is 402 g/mol. The summed E-state index contributed by atoms with van der Waals surface area (Å²) in [5, 5.41) is -0.502. The first-order valence-electron chi connectivity index (χ1n) is 8.44. The van der Waals surface area contributed by atoms with E-state index in [1.807, 2.05) is 0 Å². The van der Waals surface area contributed by atoms with E-state index in [0.29, 0.717) is 31.9 Å². The van der Waals surface area contributed by atoms with Crippen LogP contribution in [0.4, 0.5) is 0 Å². The van der Waals surface area contributed by atoms with Crippen molar-refractivity contribution in [2.45, 2.75) is 17.1 Å². The Bertz CT molecular complexity index is 868. The molecule has 2 aliphatic rings. The molecule has 0 aromatic heterocycles. The lowest BCUT2D eigenvalue weighted by Gasteiger charge is -2.38. The summed E-state index contributed by atoms with van der Waals surface area (Å²) < 4.78 is 55.2. The van der Waals surface area contributed by atoms with E-state index in [2.05, 4.69) is 0 Å². The Kier molecular flexibility index (Phi) is 5.38. The summed E-state index contributed by atoms with van der Waals surface area (Å²) >= 11 is 0. The van der Waals surface area contributed by atoms with Crippen LogP contribution in [-0.4, -0.2) is 82.3 Å². The van der Waals surface area contributed by atoms with Gasteiger partial charge in [-0.3, -0.25) is 4.79 Å². The number of benzene rings is 1. The van der Waals surface area contributed by atoms with Gasteiger partial charge in [0.25, 0.3) is 5.91 Å². The topological polar surface area (TPSA) is 101 Å². The Morgan fingerprint density at radius 2 is 1.65 bits per heavy atom. The fourth-order valence-corrected chi connectivity index (χ4v) is 5.65. The lowest BCUT2D eigenvalue weighted by Crippen LogP contribution is -2.57. The molecule has 1 aromatic rings. The predicted molar refractivity (Wildman–Crippen MR) is 95.2 cm³/mol. The smallest absolute Gasteiger partial charge is 0.253 e. The van der Waals surface area contributed by atoms with Crippen LogP contribution in [0.15, 0.2) is 29.2 Å². The molecule has 0 bridgehead atoms. The van der Waals surface area contributed by atoms with Gasteiger partial charge in [0.2, 0.25) is 10.0 Å². The van der Waals surface area contributed by atoms with Crippen molar-refractivity contribution < 1.29 is 26.4 Å². The molecule has 2 aliphatic heterocycles. The van der Waals surface area contributed by atoms with Crippen molar-refractivity contribution in [3.63, 3.8) is 0 Å². The van der Waals surface area contributed by atoms with Gasteiger partial charge in [-0.15, -0.1) is 0 Å². The molecule has 10 heteroatoms. The zero-order valence-electron chi connectivity index (χ0n) is 14.5. The Labute approximate surface area is 153 Å². The minimum atomic E-state index is -3.60. The van der Waals surface area contributed by atoms with Crippen molar-refractivity contribution in [3.05, 3.63) is 29.8 Å². The van der Waals surface area contributed by atoms with Crippen LogP contribution < -0.4 is 0 Å². The molecule has 26 heavy (non-hydrogen) atoms. The summed E-state index contributed by atoms with van der Waals surface area (Å²) in [7, 11) is -6.74. The van der Waals surface area contributed by atoms with Crippen molar-refractivity contribution in [1.82, 2.24) is 9.21 Å². The number of carbonyl (C=O) groups is 1. The van der Waals surface area contributed by atoms with Crippen LogP contribution in [0.25, 0.3) is 0 Å². The van der Waals surface area contributed by atoms with Crippen molar-refractivity contribution in [1.29, 1.82) is 0 Å². The molecule has 0 atom stereocenters. The standard InChI is InChI=1S/C16H22N2O6S2/c1-2-25(20,21)15-11-17(12-15)16(19)13-3-5-14(6-4-13)26(22,23)18-7-9-24-10-8-18/h3-6,15H,2,7-12H2,1H3. The van der Waals surface area contributed by atoms with Gasteiger partial charge in [0.15, 0.2) is 9.84 Å². The second-order valence-corrected chi connectivity index (χ2v) is 10.8. The minimum Gasteiger partial charge on any atom is -0.379 e. The third kappa shape index (κ3) is 3.64. The van der Waals surface area contributed by atoms with Crippen LogP contribution in [0.1, 0.15) is 17.3 Å². The van der Waals surface area contributed by atoms with Gasteiger partial charge in [0.05, 0.1) is 23.4 Å². The number of likely N-dealkylation sites (tertiary alicyclic amines) is 1. The number of carbonyl (C=O) groups excluding carboxylic acids is 1. The summed E-state index contributed by atoms with van der Waals surface area (Å²) in [5.74, 6) is -0.226. The van der Waals surface area contributed by atoms with E-state index in [9.17, 15) is 21.6 Å². The number of amides is 1. The molecule has 144 valence electrons. The second kappa shape index (κ2) is 7.26. The monoisotopic (exact) mass is 402 g/mol. The van der Waals surface area contributed by atoms with Gasteiger partial charge >= 0.3 is 0 Å². The molecule has 1 aromatic carbocycles. The maximum atomic E-state index is 12.6. The van der Waals surface area contributed by atoms with Gasteiger partial charge in [-0.1, -0.05) is 6.92 Å². The Morgan fingerprint density at radius 3 is 2.19 bits per heavy atom. The van der Waals surface area contributed by atoms with E-state index < -0.39 is 25.1 Å². The molecule has 2 saturated heterocycles. The number of sulfonamides is 1. The minimum absolute atomic E-state index is 0.0633. The van der Waals surface area contributed by atoms with E-state index in [0.717, 1.165) is 0 Å².